The third-order valence-electron chi connectivity index (χ3n) is 3.03. The van der Waals surface area contributed by atoms with Gasteiger partial charge in [-0.2, -0.15) is 17.9 Å². The van der Waals surface area contributed by atoms with Crippen LogP contribution in [0.2, 0.25) is 0 Å². The molecule has 0 heterocycles. The zero-order chi connectivity index (χ0) is 18.1. The quantitative estimate of drug-likeness (QED) is 0.330. The Morgan fingerprint density at radius 2 is 1.68 bits per heavy atom. The summed E-state index contributed by atoms with van der Waals surface area (Å²) in [6, 6.07) is 16.9. The highest BCUT2D eigenvalue weighted by molar-refractivity contribution is 7.89. The van der Waals surface area contributed by atoms with Crippen LogP contribution in [0.15, 0.2) is 82.9 Å². The molecular weight excluding hydrogens is 340 g/mol. The molecule has 0 saturated carbocycles. The predicted octanol–water partition coefficient (Wildman–Crippen LogP) is 2.79. The summed E-state index contributed by atoms with van der Waals surface area (Å²) in [7, 11) is -3.94. The Hall–Kier alpha value is -2.93. The molecule has 0 fully saturated rings. The molecule has 0 aliphatic heterocycles. The number of hydrogen-bond acceptors (Lipinski definition) is 5. The average molecular weight is 358 g/mol. The fraction of sp³-hybridized carbons (Fsp3) is 0.111. The van der Waals surface area contributed by atoms with Crippen LogP contribution >= 0.6 is 0 Å². The van der Waals surface area contributed by atoms with Gasteiger partial charge in [-0.25, -0.2) is 4.79 Å². The molecule has 2 rings (SSSR count). The van der Waals surface area contributed by atoms with E-state index in [2.05, 4.69) is 5.10 Å². The molecule has 0 amide bonds. The van der Waals surface area contributed by atoms with E-state index in [4.69, 9.17) is 4.74 Å². The van der Waals surface area contributed by atoms with E-state index in [0.717, 1.165) is 22.3 Å². The lowest BCUT2D eigenvalue weighted by atomic mass is 10.2. The molecule has 0 bridgehead atoms. The highest BCUT2D eigenvalue weighted by Crippen LogP contribution is 2.16. The van der Waals surface area contributed by atoms with Gasteiger partial charge in [0.05, 0.1) is 17.7 Å². The molecule has 0 atom stereocenters. The van der Waals surface area contributed by atoms with Crippen molar-refractivity contribution in [2.24, 2.45) is 5.10 Å². The normalized spacial score (nSPS) is 11.7. The van der Waals surface area contributed by atoms with E-state index in [-0.39, 0.29) is 11.5 Å². The summed E-state index contributed by atoms with van der Waals surface area (Å²) in [6.45, 7) is 1.86. The Kier molecular flexibility index (Phi) is 6.47. The molecule has 130 valence electrons. The number of carbonyl (C=O) groups is 1. The number of sulfonamides is 1. The number of esters is 1. The van der Waals surface area contributed by atoms with Gasteiger partial charge >= 0.3 is 5.97 Å². The Morgan fingerprint density at radius 1 is 1.08 bits per heavy atom. The third kappa shape index (κ3) is 5.29. The van der Waals surface area contributed by atoms with Crippen molar-refractivity contribution in [1.29, 1.82) is 0 Å². The highest BCUT2D eigenvalue weighted by Gasteiger charge is 2.21. The minimum absolute atomic E-state index is 0.0636. The average Bonchev–Trinajstić information content (AvgIpc) is 2.63. The van der Waals surface area contributed by atoms with Crippen LogP contribution < -0.4 is 0 Å². The highest BCUT2D eigenvalue weighted by atomic mass is 32.2. The van der Waals surface area contributed by atoms with Crippen molar-refractivity contribution < 1.29 is 17.9 Å². The maximum atomic E-state index is 12.7. The van der Waals surface area contributed by atoms with Gasteiger partial charge in [0, 0.05) is 12.3 Å². The molecule has 7 heteroatoms. The zero-order valence-electron chi connectivity index (χ0n) is 13.6. The van der Waals surface area contributed by atoms with Crippen molar-refractivity contribution in [2.45, 2.75) is 11.8 Å². The summed E-state index contributed by atoms with van der Waals surface area (Å²) in [5.74, 6) is -0.648. The standard InChI is InChI=1S/C18H18N2O4S/c1-2-24-18(21)13-14-20(19-15-16-9-5-3-6-10-16)25(22,23)17-11-7-4-8-12-17/h3-15H,2H2,1H3/b14-13+,19-15+. The first-order valence-corrected chi connectivity index (χ1v) is 9.01. The second-order valence-corrected chi connectivity index (χ2v) is 6.61. The number of ether oxygens (including phenoxy) is 1. The zero-order valence-corrected chi connectivity index (χ0v) is 14.5. The first-order valence-electron chi connectivity index (χ1n) is 7.57. The maximum Gasteiger partial charge on any atom is 0.332 e. The van der Waals surface area contributed by atoms with Gasteiger partial charge in [-0.3, -0.25) is 0 Å². The topological polar surface area (TPSA) is 76.0 Å². The van der Waals surface area contributed by atoms with Crippen LogP contribution in [-0.2, 0) is 19.6 Å². The van der Waals surface area contributed by atoms with Gasteiger partial charge in [-0.15, -0.1) is 0 Å². The summed E-state index contributed by atoms with van der Waals surface area (Å²) in [5, 5.41) is 4.00. The molecule has 0 aliphatic carbocycles. The SMILES string of the molecule is CCOC(=O)/C=C/N(/N=C/c1ccccc1)S(=O)(=O)c1ccccc1. The summed E-state index contributed by atoms with van der Waals surface area (Å²) in [5.41, 5.74) is 0.722. The Morgan fingerprint density at radius 3 is 2.28 bits per heavy atom. The van der Waals surface area contributed by atoms with E-state index >= 15 is 0 Å². The Bertz CT molecular complexity index is 847. The van der Waals surface area contributed by atoms with Crippen molar-refractivity contribution in [1.82, 2.24) is 4.41 Å². The number of benzene rings is 2. The molecule has 0 saturated heterocycles. The molecule has 2 aromatic rings. The van der Waals surface area contributed by atoms with Crippen LogP contribution in [0.3, 0.4) is 0 Å². The van der Waals surface area contributed by atoms with Crippen LogP contribution in [0.4, 0.5) is 0 Å². The second kappa shape index (κ2) is 8.79. The van der Waals surface area contributed by atoms with E-state index in [1.165, 1.54) is 18.3 Å². The second-order valence-electron chi connectivity index (χ2n) is 4.81. The van der Waals surface area contributed by atoms with E-state index in [0.29, 0.717) is 0 Å². The van der Waals surface area contributed by atoms with Crippen molar-refractivity contribution >= 4 is 22.2 Å². The number of nitrogens with zero attached hydrogens (tertiary/aromatic N) is 2. The Balaban J connectivity index is 2.35. The van der Waals surface area contributed by atoms with Crippen molar-refractivity contribution in [3.8, 4) is 0 Å². The van der Waals surface area contributed by atoms with E-state index in [9.17, 15) is 13.2 Å². The summed E-state index contributed by atoms with van der Waals surface area (Å²) >= 11 is 0. The lowest BCUT2D eigenvalue weighted by molar-refractivity contribution is -0.137. The van der Waals surface area contributed by atoms with Crippen LogP contribution in [0.1, 0.15) is 12.5 Å². The van der Waals surface area contributed by atoms with E-state index in [1.807, 2.05) is 18.2 Å². The lowest BCUT2D eigenvalue weighted by Crippen LogP contribution is -2.21. The van der Waals surface area contributed by atoms with Crippen LogP contribution in [0.25, 0.3) is 0 Å². The van der Waals surface area contributed by atoms with Gasteiger partial charge in [0.1, 0.15) is 0 Å². The Labute approximate surface area is 147 Å². The summed E-state index contributed by atoms with van der Waals surface area (Å²) < 4.78 is 31.0. The molecule has 0 radical (unpaired) electrons. The van der Waals surface area contributed by atoms with Crippen LogP contribution in [0.5, 0.6) is 0 Å². The maximum absolute atomic E-state index is 12.7. The molecule has 0 N–H and O–H groups in total. The van der Waals surface area contributed by atoms with Gasteiger partial charge in [-0.1, -0.05) is 48.5 Å². The van der Waals surface area contributed by atoms with Crippen molar-refractivity contribution in [2.75, 3.05) is 6.61 Å². The van der Waals surface area contributed by atoms with Gasteiger partial charge in [0.15, 0.2) is 0 Å². The number of rotatable bonds is 7. The smallest absolute Gasteiger partial charge is 0.332 e. The predicted molar refractivity (Wildman–Crippen MR) is 95.3 cm³/mol. The first-order chi connectivity index (χ1) is 12.0. The van der Waals surface area contributed by atoms with Gasteiger partial charge < -0.3 is 4.74 Å². The fourth-order valence-electron chi connectivity index (χ4n) is 1.86. The van der Waals surface area contributed by atoms with Crippen LogP contribution in [0, 0.1) is 0 Å². The molecule has 0 aromatic heterocycles. The first kappa shape index (κ1) is 18.4. The van der Waals surface area contributed by atoms with E-state index < -0.39 is 16.0 Å². The molecule has 0 aliphatic rings. The summed E-state index contributed by atoms with van der Waals surface area (Å²) in [4.78, 5) is 11.6. The number of hydrazone groups is 1. The lowest BCUT2D eigenvalue weighted by Gasteiger charge is -2.14. The van der Waals surface area contributed by atoms with Crippen molar-refractivity contribution in [3.05, 3.63) is 78.5 Å². The molecule has 2 aromatic carbocycles. The minimum Gasteiger partial charge on any atom is -0.463 e. The number of hydrogen-bond donors (Lipinski definition) is 0. The molecule has 25 heavy (non-hydrogen) atoms. The van der Waals surface area contributed by atoms with Crippen molar-refractivity contribution in [3.63, 3.8) is 0 Å². The van der Waals surface area contributed by atoms with Gasteiger partial charge in [0.25, 0.3) is 10.0 Å². The third-order valence-corrected chi connectivity index (χ3v) is 4.61. The van der Waals surface area contributed by atoms with E-state index in [1.54, 1.807) is 37.3 Å². The molecule has 0 spiro atoms. The monoisotopic (exact) mass is 358 g/mol. The van der Waals surface area contributed by atoms with Crippen LogP contribution in [-0.4, -0.2) is 31.6 Å². The summed E-state index contributed by atoms with van der Waals surface area (Å²) in [6.07, 6.45) is 3.49. The van der Waals surface area contributed by atoms with Gasteiger partial charge in [0.2, 0.25) is 0 Å². The molecular formula is C18H18N2O4S. The minimum atomic E-state index is -3.94. The largest absolute Gasteiger partial charge is 0.463 e. The molecule has 0 unspecified atom stereocenters. The number of carbonyl (C=O) groups excluding carboxylic acids is 1. The molecule has 6 nitrogen and oxygen atoms in total. The van der Waals surface area contributed by atoms with Gasteiger partial charge in [-0.05, 0) is 24.6 Å². The fourth-order valence-corrected chi connectivity index (χ4v) is 2.97.